The lowest BCUT2D eigenvalue weighted by molar-refractivity contribution is -0.154. The first kappa shape index (κ1) is 29.3. The lowest BCUT2D eigenvalue weighted by atomic mass is 9.93. The number of carbonyl (C=O) groups is 1. The predicted molar refractivity (Wildman–Crippen MR) is 167 cm³/mol. The molecule has 0 aliphatic heterocycles. The molecular formula is C37H38O5. The topological polar surface area (TPSA) is 54.0 Å². The van der Waals surface area contributed by atoms with Crippen molar-refractivity contribution in [1.29, 1.82) is 0 Å². The Morgan fingerprint density at radius 1 is 0.786 bits per heavy atom. The summed E-state index contributed by atoms with van der Waals surface area (Å²) >= 11 is 0. The fourth-order valence-corrected chi connectivity index (χ4v) is 5.31. The lowest BCUT2D eigenvalue weighted by Crippen LogP contribution is -2.27. The van der Waals surface area contributed by atoms with Crippen LogP contribution in [0.3, 0.4) is 0 Å². The maximum absolute atomic E-state index is 12.0. The molecule has 0 radical (unpaired) electrons. The quantitative estimate of drug-likeness (QED) is 0.133. The standard InChI is InChI=1S/C37H38O5/c1-4-40-37(38)35(39-3)25-28-11-17-32(18-12-28)41-20-21-42-36-33-19-13-29(23-27-8-6-5-7-9-27)24-31(33)16-15-30-14-10-26(2)22-34(30)36/h5-19,22,24,35-36H,4,20-21,23,25H2,1-3H3. The van der Waals surface area contributed by atoms with E-state index < -0.39 is 6.10 Å². The molecule has 5 heteroatoms. The number of esters is 1. The molecule has 2 unspecified atom stereocenters. The summed E-state index contributed by atoms with van der Waals surface area (Å²) in [7, 11) is 1.52. The number of hydrogen-bond donors (Lipinski definition) is 0. The third-order valence-corrected chi connectivity index (χ3v) is 7.47. The Balaban J connectivity index is 1.25. The summed E-state index contributed by atoms with van der Waals surface area (Å²) in [4.78, 5) is 12.0. The van der Waals surface area contributed by atoms with Crippen LogP contribution in [0.1, 0.15) is 57.5 Å². The molecule has 0 spiro atoms. The van der Waals surface area contributed by atoms with E-state index in [4.69, 9.17) is 18.9 Å². The highest BCUT2D eigenvalue weighted by Crippen LogP contribution is 2.36. The Morgan fingerprint density at radius 2 is 1.55 bits per heavy atom. The van der Waals surface area contributed by atoms with Gasteiger partial charge in [-0.05, 0) is 71.3 Å². The Hall–Kier alpha value is -4.19. The minimum atomic E-state index is -0.622. The van der Waals surface area contributed by atoms with Crippen molar-refractivity contribution in [3.63, 3.8) is 0 Å². The molecule has 0 amide bonds. The largest absolute Gasteiger partial charge is 0.491 e. The molecule has 0 aromatic heterocycles. The third kappa shape index (κ3) is 7.35. The van der Waals surface area contributed by atoms with E-state index in [1.165, 1.54) is 40.5 Å². The Labute approximate surface area is 248 Å². The average molecular weight is 563 g/mol. The molecule has 0 saturated heterocycles. The van der Waals surface area contributed by atoms with E-state index in [1.54, 1.807) is 6.92 Å². The number of aryl methyl sites for hydroxylation is 1. The van der Waals surface area contributed by atoms with Crippen molar-refractivity contribution < 1.29 is 23.7 Å². The van der Waals surface area contributed by atoms with Crippen LogP contribution in [0.5, 0.6) is 5.75 Å². The molecule has 0 N–H and O–H groups in total. The van der Waals surface area contributed by atoms with Crippen molar-refractivity contribution in [2.45, 2.75) is 38.9 Å². The van der Waals surface area contributed by atoms with Crippen molar-refractivity contribution in [3.8, 4) is 5.75 Å². The minimum absolute atomic E-state index is 0.199. The Morgan fingerprint density at radius 3 is 2.31 bits per heavy atom. The highest BCUT2D eigenvalue weighted by molar-refractivity contribution is 5.77. The Kier molecular flexibility index (Phi) is 9.86. The monoisotopic (exact) mass is 562 g/mol. The molecule has 1 aliphatic rings. The first-order valence-electron chi connectivity index (χ1n) is 14.5. The van der Waals surface area contributed by atoms with E-state index in [9.17, 15) is 4.79 Å². The van der Waals surface area contributed by atoms with Crippen LogP contribution in [0.25, 0.3) is 12.2 Å². The molecular weight excluding hydrogens is 524 g/mol. The summed E-state index contributed by atoms with van der Waals surface area (Å²) in [6, 6.07) is 31.5. The van der Waals surface area contributed by atoms with Crippen LogP contribution in [0.15, 0.2) is 91.0 Å². The van der Waals surface area contributed by atoms with Crippen molar-refractivity contribution in [3.05, 3.63) is 136 Å². The molecule has 0 fully saturated rings. The number of benzene rings is 4. The normalized spacial score (nSPS) is 14.4. The van der Waals surface area contributed by atoms with E-state index in [2.05, 4.69) is 85.8 Å². The van der Waals surface area contributed by atoms with Gasteiger partial charge in [0.15, 0.2) is 6.10 Å². The van der Waals surface area contributed by atoms with E-state index in [1.807, 2.05) is 24.3 Å². The number of rotatable bonds is 12. The summed E-state index contributed by atoms with van der Waals surface area (Å²) in [5.74, 6) is 0.397. The molecule has 2 atom stereocenters. The predicted octanol–water partition coefficient (Wildman–Crippen LogP) is 7.38. The summed E-state index contributed by atoms with van der Waals surface area (Å²) in [6.07, 6.45) is 4.91. The van der Waals surface area contributed by atoms with Crippen molar-refractivity contribution in [1.82, 2.24) is 0 Å². The van der Waals surface area contributed by atoms with Crippen LogP contribution in [0, 0.1) is 6.92 Å². The summed E-state index contributed by atoms with van der Waals surface area (Å²) in [6.45, 7) is 5.07. The van der Waals surface area contributed by atoms with Gasteiger partial charge in [0.2, 0.25) is 0 Å². The number of fused-ring (bicyclic) bond motifs is 2. The van der Waals surface area contributed by atoms with Crippen LogP contribution in [-0.4, -0.2) is 39.0 Å². The number of carbonyl (C=O) groups excluding carboxylic acids is 1. The number of methoxy groups -OCH3 is 1. The number of hydrogen-bond acceptors (Lipinski definition) is 5. The van der Waals surface area contributed by atoms with E-state index in [0.29, 0.717) is 26.2 Å². The van der Waals surface area contributed by atoms with Gasteiger partial charge in [-0.2, -0.15) is 0 Å². The number of ether oxygens (including phenoxy) is 4. The molecule has 216 valence electrons. The van der Waals surface area contributed by atoms with Gasteiger partial charge < -0.3 is 18.9 Å². The SMILES string of the molecule is CCOC(=O)C(Cc1ccc(OCCOC2c3ccc(Cc4ccccc4)cc3C=Cc3ccc(C)cc32)cc1)OC. The second kappa shape index (κ2) is 14.1. The summed E-state index contributed by atoms with van der Waals surface area (Å²) in [5.41, 5.74) is 9.41. The maximum atomic E-state index is 12.0. The van der Waals surface area contributed by atoms with Gasteiger partial charge in [0.05, 0.1) is 13.2 Å². The molecule has 5 rings (SSSR count). The van der Waals surface area contributed by atoms with Crippen LogP contribution < -0.4 is 4.74 Å². The second-order valence-corrected chi connectivity index (χ2v) is 10.5. The van der Waals surface area contributed by atoms with Crippen LogP contribution in [0.4, 0.5) is 0 Å². The van der Waals surface area contributed by atoms with Gasteiger partial charge in [-0.15, -0.1) is 0 Å². The van der Waals surface area contributed by atoms with Gasteiger partial charge in [0, 0.05) is 13.5 Å². The first-order chi connectivity index (χ1) is 20.5. The van der Waals surface area contributed by atoms with Crippen LogP contribution >= 0.6 is 0 Å². The second-order valence-electron chi connectivity index (χ2n) is 10.5. The van der Waals surface area contributed by atoms with Gasteiger partial charge in [-0.25, -0.2) is 4.79 Å². The smallest absolute Gasteiger partial charge is 0.335 e. The molecule has 0 saturated carbocycles. The maximum Gasteiger partial charge on any atom is 0.335 e. The van der Waals surface area contributed by atoms with Gasteiger partial charge in [-0.1, -0.05) is 96.6 Å². The average Bonchev–Trinajstić information content (AvgIpc) is 3.15. The minimum Gasteiger partial charge on any atom is -0.491 e. The van der Waals surface area contributed by atoms with Gasteiger partial charge in [0.1, 0.15) is 18.5 Å². The third-order valence-electron chi connectivity index (χ3n) is 7.47. The fourth-order valence-electron chi connectivity index (χ4n) is 5.31. The van der Waals surface area contributed by atoms with Crippen LogP contribution in [-0.2, 0) is 31.8 Å². The zero-order valence-electron chi connectivity index (χ0n) is 24.5. The molecule has 4 aromatic carbocycles. The summed E-state index contributed by atoms with van der Waals surface area (Å²) in [5, 5.41) is 0. The van der Waals surface area contributed by atoms with E-state index >= 15 is 0 Å². The zero-order valence-corrected chi connectivity index (χ0v) is 24.5. The lowest BCUT2D eigenvalue weighted by Gasteiger charge is -2.22. The van der Waals surface area contributed by atoms with E-state index in [-0.39, 0.29) is 12.1 Å². The molecule has 0 heterocycles. The zero-order chi connectivity index (χ0) is 29.3. The summed E-state index contributed by atoms with van der Waals surface area (Å²) < 4.78 is 23.0. The molecule has 4 aromatic rings. The van der Waals surface area contributed by atoms with Crippen molar-refractivity contribution in [2.24, 2.45) is 0 Å². The Bertz CT molecular complexity index is 1510. The fraction of sp³-hybridized carbons (Fsp3) is 0.270. The van der Waals surface area contributed by atoms with Gasteiger partial charge in [0.25, 0.3) is 0 Å². The van der Waals surface area contributed by atoms with Crippen LogP contribution in [0.2, 0.25) is 0 Å². The first-order valence-corrected chi connectivity index (χ1v) is 14.5. The van der Waals surface area contributed by atoms with Crippen molar-refractivity contribution in [2.75, 3.05) is 26.9 Å². The van der Waals surface area contributed by atoms with Gasteiger partial charge in [-0.3, -0.25) is 0 Å². The van der Waals surface area contributed by atoms with E-state index in [0.717, 1.165) is 23.3 Å². The molecule has 5 nitrogen and oxygen atoms in total. The molecule has 1 aliphatic carbocycles. The highest BCUT2D eigenvalue weighted by atomic mass is 16.6. The van der Waals surface area contributed by atoms with Crippen molar-refractivity contribution >= 4 is 18.1 Å². The highest BCUT2D eigenvalue weighted by Gasteiger charge is 2.23. The molecule has 0 bridgehead atoms. The molecule has 42 heavy (non-hydrogen) atoms. The van der Waals surface area contributed by atoms with Gasteiger partial charge >= 0.3 is 5.97 Å².